The van der Waals surface area contributed by atoms with Gasteiger partial charge in [0.25, 0.3) is 0 Å². The number of rotatable bonds is 3. The fourth-order valence-corrected chi connectivity index (χ4v) is 2.59. The molecule has 0 amide bonds. The summed E-state index contributed by atoms with van der Waals surface area (Å²) in [6.45, 7) is 9.37. The predicted octanol–water partition coefficient (Wildman–Crippen LogP) is 3.17. The minimum absolute atomic E-state index is 0.615. The zero-order chi connectivity index (χ0) is 12.3. The summed E-state index contributed by atoms with van der Waals surface area (Å²) < 4.78 is 5.87. The van der Waals surface area contributed by atoms with Crippen molar-refractivity contribution in [3.05, 3.63) is 28.8 Å². The Morgan fingerprint density at radius 1 is 1.35 bits per heavy atom. The SMILES string of the molecule is CCOc1c(C2CCCNC2)ccc(C)c1C. The average molecular weight is 233 g/mol. The molecule has 1 aliphatic heterocycles. The maximum atomic E-state index is 5.87. The van der Waals surface area contributed by atoms with Crippen LogP contribution in [0.2, 0.25) is 0 Å². The Hall–Kier alpha value is -1.02. The predicted molar refractivity (Wildman–Crippen MR) is 71.9 cm³/mol. The molecule has 1 saturated heterocycles. The van der Waals surface area contributed by atoms with Gasteiger partial charge in [0.2, 0.25) is 0 Å². The normalized spacial score (nSPS) is 20.3. The zero-order valence-electron chi connectivity index (χ0n) is 11.2. The Bertz CT molecular complexity index is 381. The first-order valence-corrected chi connectivity index (χ1v) is 6.67. The van der Waals surface area contributed by atoms with E-state index in [1.54, 1.807) is 0 Å². The van der Waals surface area contributed by atoms with Gasteiger partial charge < -0.3 is 10.1 Å². The van der Waals surface area contributed by atoms with Crippen molar-refractivity contribution in [1.82, 2.24) is 5.32 Å². The molecule has 1 fully saturated rings. The van der Waals surface area contributed by atoms with E-state index in [4.69, 9.17) is 4.74 Å². The third-order valence-corrected chi connectivity index (χ3v) is 3.73. The van der Waals surface area contributed by atoms with Crippen molar-refractivity contribution in [2.24, 2.45) is 0 Å². The Balaban J connectivity index is 2.34. The van der Waals surface area contributed by atoms with Gasteiger partial charge in [-0.05, 0) is 56.8 Å². The van der Waals surface area contributed by atoms with Crippen molar-refractivity contribution in [3.63, 3.8) is 0 Å². The van der Waals surface area contributed by atoms with Gasteiger partial charge in [-0.15, -0.1) is 0 Å². The third-order valence-electron chi connectivity index (χ3n) is 3.73. The monoisotopic (exact) mass is 233 g/mol. The smallest absolute Gasteiger partial charge is 0.125 e. The Kier molecular flexibility index (Phi) is 4.06. The number of hydrogen-bond acceptors (Lipinski definition) is 2. The molecule has 1 N–H and O–H groups in total. The third kappa shape index (κ3) is 2.63. The van der Waals surface area contributed by atoms with Crippen molar-refractivity contribution in [3.8, 4) is 5.75 Å². The second-order valence-corrected chi connectivity index (χ2v) is 4.90. The Morgan fingerprint density at radius 3 is 2.82 bits per heavy atom. The second-order valence-electron chi connectivity index (χ2n) is 4.90. The van der Waals surface area contributed by atoms with Gasteiger partial charge in [-0.1, -0.05) is 12.1 Å². The first kappa shape index (κ1) is 12.4. The molecule has 0 spiro atoms. The lowest BCUT2D eigenvalue weighted by atomic mass is 9.89. The topological polar surface area (TPSA) is 21.3 Å². The minimum Gasteiger partial charge on any atom is -0.493 e. The molecule has 0 aromatic heterocycles. The van der Waals surface area contributed by atoms with Gasteiger partial charge in [-0.3, -0.25) is 0 Å². The molecule has 2 heteroatoms. The summed E-state index contributed by atoms with van der Waals surface area (Å²) >= 11 is 0. The van der Waals surface area contributed by atoms with Gasteiger partial charge in [0.1, 0.15) is 5.75 Å². The van der Waals surface area contributed by atoms with E-state index in [0.717, 1.165) is 25.4 Å². The number of aryl methyl sites for hydroxylation is 1. The average Bonchev–Trinajstić information content (AvgIpc) is 2.36. The highest BCUT2D eigenvalue weighted by atomic mass is 16.5. The molecule has 0 aliphatic carbocycles. The van der Waals surface area contributed by atoms with Crippen LogP contribution in [0.4, 0.5) is 0 Å². The van der Waals surface area contributed by atoms with Crippen molar-refractivity contribution < 1.29 is 4.74 Å². The lowest BCUT2D eigenvalue weighted by molar-refractivity contribution is 0.327. The Labute approximate surface area is 104 Å². The summed E-state index contributed by atoms with van der Waals surface area (Å²) in [6.07, 6.45) is 2.54. The highest BCUT2D eigenvalue weighted by molar-refractivity contribution is 5.47. The number of benzene rings is 1. The quantitative estimate of drug-likeness (QED) is 0.866. The van der Waals surface area contributed by atoms with Crippen molar-refractivity contribution in [1.29, 1.82) is 0 Å². The lowest BCUT2D eigenvalue weighted by Crippen LogP contribution is -2.28. The summed E-state index contributed by atoms with van der Waals surface area (Å²) in [5.41, 5.74) is 4.01. The molecule has 0 bridgehead atoms. The van der Waals surface area contributed by atoms with Crippen molar-refractivity contribution in [2.75, 3.05) is 19.7 Å². The van der Waals surface area contributed by atoms with E-state index in [2.05, 4.69) is 38.2 Å². The van der Waals surface area contributed by atoms with E-state index in [-0.39, 0.29) is 0 Å². The first-order valence-electron chi connectivity index (χ1n) is 6.67. The fraction of sp³-hybridized carbons (Fsp3) is 0.600. The fourth-order valence-electron chi connectivity index (χ4n) is 2.59. The summed E-state index contributed by atoms with van der Waals surface area (Å²) in [5, 5.41) is 3.48. The van der Waals surface area contributed by atoms with Crippen molar-refractivity contribution in [2.45, 2.75) is 39.5 Å². The van der Waals surface area contributed by atoms with Gasteiger partial charge in [-0.25, -0.2) is 0 Å². The van der Waals surface area contributed by atoms with Crippen LogP contribution in [0.3, 0.4) is 0 Å². The highest BCUT2D eigenvalue weighted by Gasteiger charge is 2.20. The van der Waals surface area contributed by atoms with Gasteiger partial charge in [-0.2, -0.15) is 0 Å². The number of hydrogen-bond donors (Lipinski definition) is 1. The van der Waals surface area contributed by atoms with E-state index in [9.17, 15) is 0 Å². The molecule has 1 atom stereocenters. The van der Waals surface area contributed by atoms with Crippen LogP contribution in [0.25, 0.3) is 0 Å². The summed E-state index contributed by atoms with van der Waals surface area (Å²) in [6, 6.07) is 4.48. The molecule has 1 heterocycles. The summed E-state index contributed by atoms with van der Waals surface area (Å²) in [7, 11) is 0. The maximum Gasteiger partial charge on any atom is 0.125 e. The molecular weight excluding hydrogens is 210 g/mol. The van der Waals surface area contributed by atoms with Crippen LogP contribution in [-0.2, 0) is 0 Å². The molecule has 94 valence electrons. The van der Waals surface area contributed by atoms with Crippen LogP contribution in [0, 0.1) is 13.8 Å². The molecule has 1 aromatic rings. The molecule has 0 saturated carbocycles. The molecule has 0 radical (unpaired) electrons. The van der Waals surface area contributed by atoms with Crippen LogP contribution < -0.4 is 10.1 Å². The van der Waals surface area contributed by atoms with Gasteiger partial charge in [0.05, 0.1) is 6.61 Å². The maximum absolute atomic E-state index is 5.87. The lowest BCUT2D eigenvalue weighted by Gasteiger charge is -2.26. The molecular formula is C15H23NO. The minimum atomic E-state index is 0.615. The highest BCUT2D eigenvalue weighted by Crippen LogP contribution is 2.35. The number of piperidine rings is 1. The van der Waals surface area contributed by atoms with Crippen molar-refractivity contribution >= 4 is 0 Å². The first-order chi connectivity index (χ1) is 8.24. The van der Waals surface area contributed by atoms with Gasteiger partial charge >= 0.3 is 0 Å². The Morgan fingerprint density at radius 2 is 2.18 bits per heavy atom. The largest absolute Gasteiger partial charge is 0.493 e. The molecule has 2 nitrogen and oxygen atoms in total. The molecule has 1 aromatic carbocycles. The van der Waals surface area contributed by atoms with E-state index in [1.807, 2.05) is 0 Å². The molecule has 1 aliphatic rings. The van der Waals surface area contributed by atoms with E-state index < -0.39 is 0 Å². The molecule has 17 heavy (non-hydrogen) atoms. The molecule has 2 rings (SSSR count). The van der Waals surface area contributed by atoms with Crippen LogP contribution >= 0.6 is 0 Å². The summed E-state index contributed by atoms with van der Waals surface area (Å²) in [5.74, 6) is 1.74. The van der Waals surface area contributed by atoms with Crippen LogP contribution in [0.15, 0.2) is 12.1 Å². The van der Waals surface area contributed by atoms with Crippen LogP contribution in [0.1, 0.15) is 42.4 Å². The number of nitrogens with one attached hydrogen (secondary N) is 1. The van der Waals surface area contributed by atoms with E-state index in [0.29, 0.717) is 5.92 Å². The molecule has 1 unspecified atom stereocenters. The van der Waals surface area contributed by atoms with E-state index >= 15 is 0 Å². The van der Waals surface area contributed by atoms with Crippen LogP contribution in [0.5, 0.6) is 5.75 Å². The van der Waals surface area contributed by atoms with Gasteiger partial charge in [0, 0.05) is 12.5 Å². The van der Waals surface area contributed by atoms with Gasteiger partial charge in [0.15, 0.2) is 0 Å². The standard InChI is InChI=1S/C15H23NO/c1-4-17-15-12(3)11(2)7-8-14(15)13-6-5-9-16-10-13/h7-8,13,16H,4-6,9-10H2,1-3H3. The summed E-state index contributed by atoms with van der Waals surface area (Å²) in [4.78, 5) is 0. The second kappa shape index (κ2) is 5.54. The van der Waals surface area contributed by atoms with Crippen LogP contribution in [-0.4, -0.2) is 19.7 Å². The van der Waals surface area contributed by atoms with E-state index in [1.165, 1.54) is 29.5 Å². The zero-order valence-corrected chi connectivity index (χ0v) is 11.2. The number of ether oxygens (including phenoxy) is 1.